The minimum atomic E-state index is -0.468. The number of nitrogens with zero attached hydrogens (tertiary/aromatic N) is 1. The molecule has 1 unspecified atom stereocenters. The van der Waals surface area contributed by atoms with Crippen LogP contribution in [0, 0.1) is 0 Å². The van der Waals surface area contributed by atoms with E-state index in [0.29, 0.717) is 25.0 Å². The summed E-state index contributed by atoms with van der Waals surface area (Å²) in [6, 6.07) is 0. The number of amides is 1. The topological polar surface area (TPSA) is 59.9 Å². The number of amidine groups is 1. The molecule has 0 spiro atoms. The zero-order chi connectivity index (χ0) is 11.8. The van der Waals surface area contributed by atoms with Crippen molar-refractivity contribution >= 4 is 22.8 Å². The van der Waals surface area contributed by atoms with Crippen LogP contribution in [0.5, 0.6) is 0 Å². The van der Waals surface area contributed by atoms with Crippen LogP contribution in [0.2, 0.25) is 0 Å². The second-order valence-electron chi connectivity index (χ2n) is 3.23. The fourth-order valence-corrected chi connectivity index (χ4v) is 1.85. The standard InChI is InChI=1S/C10H18N2O3S/c1-3-14-5-6-15-8(2)9(13)12-10-11-4-7-16-10/h8H,3-7H2,1-2H3,(H,11,12,13). The fourth-order valence-electron chi connectivity index (χ4n) is 1.12. The second kappa shape index (κ2) is 7.65. The summed E-state index contributed by atoms with van der Waals surface area (Å²) < 4.78 is 10.4. The van der Waals surface area contributed by atoms with Crippen LogP contribution in [0.3, 0.4) is 0 Å². The van der Waals surface area contributed by atoms with Crippen LogP contribution in [0.25, 0.3) is 0 Å². The molecule has 1 aliphatic heterocycles. The third-order valence-electron chi connectivity index (χ3n) is 1.98. The number of ether oxygens (including phenoxy) is 2. The van der Waals surface area contributed by atoms with E-state index in [0.717, 1.165) is 12.3 Å². The minimum absolute atomic E-state index is 0.148. The minimum Gasteiger partial charge on any atom is -0.379 e. The van der Waals surface area contributed by atoms with Gasteiger partial charge >= 0.3 is 0 Å². The molecule has 6 heteroatoms. The largest absolute Gasteiger partial charge is 0.379 e. The molecule has 1 atom stereocenters. The van der Waals surface area contributed by atoms with Gasteiger partial charge in [0.25, 0.3) is 5.91 Å². The van der Waals surface area contributed by atoms with Crippen molar-refractivity contribution in [2.45, 2.75) is 20.0 Å². The summed E-state index contributed by atoms with van der Waals surface area (Å²) in [6.07, 6.45) is -0.468. The van der Waals surface area contributed by atoms with E-state index in [1.165, 1.54) is 0 Å². The van der Waals surface area contributed by atoms with Gasteiger partial charge in [0.15, 0.2) is 5.17 Å². The summed E-state index contributed by atoms with van der Waals surface area (Å²) in [5.74, 6) is 0.791. The van der Waals surface area contributed by atoms with Crippen molar-refractivity contribution in [2.24, 2.45) is 4.99 Å². The molecule has 0 aliphatic carbocycles. The molecular weight excluding hydrogens is 228 g/mol. The molecule has 1 heterocycles. The number of nitrogens with one attached hydrogen (secondary N) is 1. The highest BCUT2D eigenvalue weighted by molar-refractivity contribution is 8.14. The molecule has 0 fully saturated rings. The van der Waals surface area contributed by atoms with E-state index >= 15 is 0 Å². The molecule has 1 amide bonds. The molecule has 16 heavy (non-hydrogen) atoms. The van der Waals surface area contributed by atoms with Gasteiger partial charge in [0.2, 0.25) is 0 Å². The fraction of sp³-hybridized carbons (Fsp3) is 0.800. The zero-order valence-electron chi connectivity index (χ0n) is 9.69. The molecule has 0 aromatic carbocycles. The Morgan fingerprint density at radius 2 is 2.44 bits per heavy atom. The monoisotopic (exact) mass is 246 g/mol. The average Bonchev–Trinajstić information content (AvgIpc) is 2.76. The van der Waals surface area contributed by atoms with E-state index < -0.39 is 6.10 Å². The van der Waals surface area contributed by atoms with Gasteiger partial charge in [-0.1, -0.05) is 11.8 Å². The number of aliphatic imine (C=N–C) groups is 1. The normalized spacial score (nSPS) is 17.0. The van der Waals surface area contributed by atoms with E-state index in [4.69, 9.17) is 9.47 Å². The van der Waals surface area contributed by atoms with Gasteiger partial charge in [-0.3, -0.25) is 9.79 Å². The Bertz CT molecular complexity index is 258. The van der Waals surface area contributed by atoms with E-state index in [2.05, 4.69) is 10.3 Å². The Kier molecular flexibility index (Phi) is 6.44. The third-order valence-corrected chi connectivity index (χ3v) is 2.88. The maximum absolute atomic E-state index is 11.6. The number of thioether (sulfide) groups is 1. The van der Waals surface area contributed by atoms with Crippen molar-refractivity contribution in [1.82, 2.24) is 5.32 Å². The van der Waals surface area contributed by atoms with Crippen LogP contribution in [-0.2, 0) is 14.3 Å². The number of carbonyl (C=O) groups is 1. The molecule has 0 aromatic rings. The molecule has 0 radical (unpaired) electrons. The highest BCUT2D eigenvalue weighted by atomic mass is 32.2. The SMILES string of the molecule is CCOCCOC(C)C(=O)NC1=NCCS1. The first-order chi connectivity index (χ1) is 7.74. The molecule has 0 saturated carbocycles. The molecular formula is C10H18N2O3S. The quantitative estimate of drug-likeness (QED) is 0.699. The first-order valence-electron chi connectivity index (χ1n) is 5.41. The Balaban J connectivity index is 2.14. The van der Waals surface area contributed by atoms with Gasteiger partial charge in [0.05, 0.1) is 19.8 Å². The van der Waals surface area contributed by atoms with Crippen LogP contribution < -0.4 is 5.32 Å². The molecule has 0 bridgehead atoms. The predicted octanol–water partition coefficient (Wildman–Crippen LogP) is 0.647. The van der Waals surface area contributed by atoms with E-state index in [-0.39, 0.29) is 5.91 Å². The smallest absolute Gasteiger partial charge is 0.254 e. The lowest BCUT2D eigenvalue weighted by Gasteiger charge is -2.12. The molecule has 92 valence electrons. The van der Waals surface area contributed by atoms with Crippen molar-refractivity contribution in [2.75, 3.05) is 32.1 Å². The molecule has 1 aliphatic rings. The van der Waals surface area contributed by atoms with Crippen molar-refractivity contribution in [3.8, 4) is 0 Å². The van der Waals surface area contributed by atoms with Gasteiger partial charge < -0.3 is 14.8 Å². The van der Waals surface area contributed by atoms with E-state index in [1.807, 2.05) is 6.92 Å². The van der Waals surface area contributed by atoms with Gasteiger partial charge in [-0.05, 0) is 13.8 Å². The maximum Gasteiger partial charge on any atom is 0.254 e. The van der Waals surface area contributed by atoms with E-state index in [9.17, 15) is 4.79 Å². The van der Waals surface area contributed by atoms with Crippen LogP contribution in [0.15, 0.2) is 4.99 Å². The summed E-state index contributed by atoms with van der Waals surface area (Å²) in [6.45, 7) is 6.04. The van der Waals surface area contributed by atoms with Gasteiger partial charge in [-0.25, -0.2) is 0 Å². The zero-order valence-corrected chi connectivity index (χ0v) is 10.5. The van der Waals surface area contributed by atoms with Crippen LogP contribution in [-0.4, -0.2) is 49.3 Å². The summed E-state index contributed by atoms with van der Waals surface area (Å²) in [5.41, 5.74) is 0. The van der Waals surface area contributed by atoms with Gasteiger partial charge in [-0.15, -0.1) is 0 Å². The van der Waals surface area contributed by atoms with Crippen molar-refractivity contribution in [3.63, 3.8) is 0 Å². The van der Waals surface area contributed by atoms with Crippen LogP contribution in [0.1, 0.15) is 13.8 Å². The number of hydrogen-bond acceptors (Lipinski definition) is 5. The molecule has 1 N–H and O–H groups in total. The highest BCUT2D eigenvalue weighted by Gasteiger charge is 2.16. The lowest BCUT2D eigenvalue weighted by atomic mass is 10.4. The maximum atomic E-state index is 11.6. The summed E-state index contributed by atoms with van der Waals surface area (Å²) in [4.78, 5) is 15.7. The van der Waals surface area contributed by atoms with E-state index in [1.54, 1.807) is 18.7 Å². The summed E-state index contributed by atoms with van der Waals surface area (Å²) in [5, 5.41) is 3.43. The average molecular weight is 246 g/mol. The number of rotatable bonds is 6. The molecule has 0 saturated heterocycles. The van der Waals surface area contributed by atoms with Gasteiger partial charge in [-0.2, -0.15) is 0 Å². The Labute approximate surface area is 100.0 Å². The van der Waals surface area contributed by atoms with Gasteiger partial charge in [0, 0.05) is 12.4 Å². The predicted molar refractivity (Wildman–Crippen MR) is 64.8 cm³/mol. The van der Waals surface area contributed by atoms with Crippen molar-refractivity contribution in [3.05, 3.63) is 0 Å². The van der Waals surface area contributed by atoms with Crippen molar-refractivity contribution in [1.29, 1.82) is 0 Å². The highest BCUT2D eigenvalue weighted by Crippen LogP contribution is 2.09. The summed E-state index contributed by atoms with van der Waals surface area (Å²) in [7, 11) is 0. The third kappa shape index (κ3) is 4.96. The number of hydrogen-bond donors (Lipinski definition) is 1. The first kappa shape index (κ1) is 13.5. The van der Waals surface area contributed by atoms with Crippen LogP contribution in [0.4, 0.5) is 0 Å². The molecule has 0 aromatic heterocycles. The van der Waals surface area contributed by atoms with Gasteiger partial charge in [0.1, 0.15) is 6.10 Å². The summed E-state index contributed by atoms with van der Waals surface area (Å²) >= 11 is 1.56. The van der Waals surface area contributed by atoms with Crippen LogP contribution >= 0.6 is 11.8 Å². The number of carbonyl (C=O) groups excluding carboxylic acids is 1. The second-order valence-corrected chi connectivity index (χ2v) is 4.32. The Morgan fingerprint density at radius 3 is 3.06 bits per heavy atom. The Hall–Kier alpha value is -0.590. The molecule has 5 nitrogen and oxygen atoms in total. The lowest BCUT2D eigenvalue weighted by molar-refractivity contribution is -0.131. The van der Waals surface area contributed by atoms with Crippen molar-refractivity contribution < 1.29 is 14.3 Å². The lowest BCUT2D eigenvalue weighted by Crippen LogP contribution is -2.37. The molecule has 1 rings (SSSR count). The Morgan fingerprint density at radius 1 is 1.62 bits per heavy atom. The first-order valence-corrected chi connectivity index (χ1v) is 6.40.